The van der Waals surface area contributed by atoms with Crippen molar-refractivity contribution in [3.05, 3.63) is 21.9 Å². The Morgan fingerprint density at radius 2 is 2.27 bits per heavy atom. The lowest BCUT2D eigenvalue weighted by Gasteiger charge is -2.07. The average Bonchev–Trinajstić information content (AvgIpc) is 2.63. The zero-order valence-corrected chi connectivity index (χ0v) is 10.4. The van der Waals surface area contributed by atoms with Gasteiger partial charge in [0.15, 0.2) is 0 Å². The standard InChI is InChI=1S/C12H21NOS/c1-3-11(14)5-4-8-13-9-12-7-6-10(2)15-12/h6-7,11,13-14H,3-5,8-9H2,1-2H3. The van der Waals surface area contributed by atoms with Gasteiger partial charge in [0.05, 0.1) is 6.10 Å². The molecule has 1 unspecified atom stereocenters. The van der Waals surface area contributed by atoms with Gasteiger partial charge in [0, 0.05) is 16.3 Å². The Hall–Kier alpha value is -0.380. The first kappa shape index (κ1) is 12.7. The monoisotopic (exact) mass is 227 g/mol. The lowest BCUT2D eigenvalue weighted by atomic mass is 10.1. The average molecular weight is 227 g/mol. The zero-order chi connectivity index (χ0) is 11.1. The quantitative estimate of drug-likeness (QED) is 0.702. The Bertz CT molecular complexity index is 272. The van der Waals surface area contributed by atoms with Crippen LogP contribution >= 0.6 is 11.3 Å². The fourth-order valence-corrected chi connectivity index (χ4v) is 2.32. The summed E-state index contributed by atoms with van der Waals surface area (Å²) in [5, 5.41) is 12.7. The van der Waals surface area contributed by atoms with Crippen LogP contribution in [-0.4, -0.2) is 17.8 Å². The summed E-state index contributed by atoms with van der Waals surface area (Å²) in [5.74, 6) is 0. The zero-order valence-electron chi connectivity index (χ0n) is 9.62. The van der Waals surface area contributed by atoms with Crippen LogP contribution in [0.2, 0.25) is 0 Å². The number of hydrogen-bond acceptors (Lipinski definition) is 3. The minimum Gasteiger partial charge on any atom is -0.393 e. The van der Waals surface area contributed by atoms with Gasteiger partial charge in [0.1, 0.15) is 0 Å². The molecule has 2 N–H and O–H groups in total. The molecule has 0 fully saturated rings. The number of rotatable bonds is 7. The van der Waals surface area contributed by atoms with Gasteiger partial charge in [-0.25, -0.2) is 0 Å². The predicted molar refractivity (Wildman–Crippen MR) is 66.3 cm³/mol. The second kappa shape index (κ2) is 6.99. The minimum atomic E-state index is -0.115. The van der Waals surface area contributed by atoms with Crippen LogP contribution in [0.1, 0.15) is 35.9 Å². The maximum Gasteiger partial charge on any atom is 0.0538 e. The van der Waals surface area contributed by atoms with Crippen molar-refractivity contribution in [1.82, 2.24) is 5.32 Å². The number of aryl methyl sites for hydroxylation is 1. The molecule has 1 rings (SSSR count). The second-order valence-corrected chi connectivity index (χ2v) is 5.27. The largest absolute Gasteiger partial charge is 0.393 e. The van der Waals surface area contributed by atoms with Crippen LogP contribution in [0.3, 0.4) is 0 Å². The van der Waals surface area contributed by atoms with Crippen LogP contribution in [0.5, 0.6) is 0 Å². The third kappa shape index (κ3) is 5.30. The molecule has 3 heteroatoms. The second-order valence-electron chi connectivity index (χ2n) is 3.89. The molecule has 0 aliphatic carbocycles. The first-order valence-corrected chi connectivity index (χ1v) is 6.48. The predicted octanol–water partition coefficient (Wildman–Crippen LogP) is 2.70. The maximum atomic E-state index is 9.35. The van der Waals surface area contributed by atoms with Crippen molar-refractivity contribution in [2.45, 2.75) is 45.8 Å². The summed E-state index contributed by atoms with van der Waals surface area (Å²) in [4.78, 5) is 2.76. The smallest absolute Gasteiger partial charge is 0.0538 e. The fraction of sp³-hybridized carbons (Fsp3) is 0.667. The summed E-state index contributed by atoms with van der Waals surface area (Å²) in [7, 11) is 0. The van der Waals surface area contributed by atoms with Gasteiger partial charge in [0.2, 0.25) is 0 Å². The highest BCUT2D eigenvalue weighted by Crippen LogP contribution is 2.14. The summed E-state index contributed by atoms with van der Waals surface area (Å²) < 4.78 is 0. The molecule has 1 aromatic heterocycles. The number of aliphatic hydroxyl groups is 1. The Labute approximate surface area is 96.3 Å². The molecule has 2 nitrogen and oxygen atoms in total. The molecule has 0 aliphatic heterocycles. The van der Waals surface area contributed by atoms with Crippen molar-refractivity contribution in [1.29, 1.82) is 0 Å². The van der Waals surface area contributed by atoms with Crippen molar-refractivity contribution in [3.8, 4) is 0 Å². The van der Waals surface area contributed by atoms with Crippen molar-refractivity contribution in [2.75, 3.05) is 6.54 Å². The van der Waals surface area contributed by atoms with E-state index >= 15 is 0 Å². The van der Waals surface area contributed by atoms with E-state index in [-0.39, 0.29) is 6.10 Å². The summed E-state index contributed by atoms with van der Waals surface area (Å²) >= 11 is 1.84. The number of nitrogens with one attached hydrogen (secondary N) is 1. The van der Waals surface area contributed by atoms with Gasteiger partial charge in [-0.3, -0.25) is 0 Å². The lowest BCUT2D eigenvalue weighted by molar-refractivity contribution is 0.157. The van der Waals surface area contributed by atoms with Gasteiger partial charge in [-0.2, -0.15) is 0 Å². The molecule has 1 heterocycles. The third-order valence-electron chi connectivity index (χ3n) is 2.46. The number of hydrogen-bond donors (Lipinski definition) is 2. The van der Waals surface area contributed by atoms with E-state index in [9.17, 15) is 5.11 Å². The molecular formula is C12H21NOS. The molecule has 0 bridgehead atoms. The van der Waals surface area contributed by atoms with Gasteiger partial charge < -0.3 is 10.4 Å². The number of aliphatic hydroxyl groups excluding tert-OH is 1. The first-order chi connectivity index (χ1) is 7.22. The Morgan fingerprint density at radius 3 is 2.87 bits per heavy atom. The molecule has 0 radical (unpaired) electrons. The van der Waals surface area contributed by atoms with E-state index in [2.05, 4.69) is 24.4 Å². The van der Waals surface area contributed by atoms with Gasteiger partial charge in [0.25, 0.3) is 0 Å². The first-order valence-electron chi connectivity index (χ1n) is 5.66. The molecule has 86 valence electrons. The summed E-state index contributed by atoms with van der Waals surface area (Å²) in [6, 6.07) is 4.33. The van der Waals surface area contributed by atoms with Gasteiger partial charge in [-0.15, -0.1) is 11.3 Å². The van der Waals surface area contributed by atoms with E-state index in [4.69, 9.17) is 0 Å². The van der Waals surface area contributed by atoms with E-state index < -0.39 is 0 Å². The molecule has 1 aromatic rings. The molecule has 15 heavy (non-hydrogen) atoms. The van der Waals surface area contributed by atoms with Gasteiger partial charge >= 0.3 is 0 Å². The van der Waals surface area contributed by atoms with Crippen LogP contribution < -0.4 is 5.32 Å². The van der Waals surface area contributed by atoms with E-state index in [0.717, 1.165) is 32.4 Å². The fourth-order valence-electron chi connectivity index (χ4n) is 1.46. The molecular weight excluding hydrogens is 206 g/mol. The molecule has 0 amide bonds. The molecule has 0 saturated carbocycles. The Balaban J connectivity index is 2.02. The molecule has 1 atom stereocenters. The summed E-state index contributed by atoms with van der Waals surface area (Å²) in [6.45, 7) is 6.10. The highest BCUT2D eigenvalue weighted by Gasteiger charge is 2.00. The van der Waals surface area contributed by atoms with Crippen molar-refractivity contribution in [2.24, 2.45) is 0 Å². The van der Waals surface area contributed by atoms with Crippen molar-refractivity contribution >= 4 is 11.3 Å². The van der Waals surface area contributed by atoms with E-state index in [1.54, 1.807) is 0 Å². The Morgan fingerprint density at radius 1 is 1.47 bits per heavy atom. The Kier molecular flexibility index (Phi) is 5.91. The minimum absolute atomic E-state index is 0.115. The molecule has 0 aliphatic rings. The van der Waals surface area contributed by atoms with E-state index in [1.807, 2.05) is 18.3 Å². The molecule has 0 saturated heterocycles. The van der Waals surface area contributed by atoms with Crippen molar-refractivity contribution in [3.63, 3.8) is 0 Å². The third-order valence-corrected chi connectivity index (χ3v) is 3.46. The maximum absolute atomic E-state index is 9.35. The SMILES string of the molecule is CCC(O)CCCNCc1ccc(C)s1. The summed E-state index contributed by atoms with van der Waals surface area (Å²) in [6.07, 6.45) is 2.71. The van der Waals surface area contributed by atoms with Crippen LogP contribution in [0, 0.1) is 6.92 Å². The normalized spacial score (nSPS) is 13.0. The van der Waals surface area contributed by atoms with Gasteiger partial charge in [-0.1, -0.05) is 6.92 Å². The van der Waals surface area contributed by atoms with Crippen LogP contribution in [-0.2, 0) is 6.54 Å². The summed E-state index contributed by atoms with van der Waals surface area (Å²) in [5.41, 5.74) is 0. The van der Waals surface area contributed by atoms with Crippen LogP contribution in [0.15, 0.2) is 12.1 Å². The lowest BCUT2D eigenvalue weighted by Crippen LogP contribution is -2.16. The van der Waals surface area contributed by atoms with E-state index in [0.29, 0.717) is 0 Å². The number of thiophene rings is 1. The van der Waals surface area contributed by atoms with Crippen LogP contribution in [0.25, 0.3) is 0 Å². The highest BCUT2D eigenvalue weighted by atomic mass is 32.1. The topological polar surface area (TPSA) is 32.3 Å². The molecule has 0 spiro atoms. The van der Waals surface area contributed by atoms with E-state index in [1.165, 1.54) is 9.75 Å². The molecule has 0 aromatic carbocycles. The van der Waals surface area contributed by atoms with Gasteiger partial charge in [-0.05, 0) is 44.9 Å². The highest BCUT2D eigenvalue weighted by molar-refractivity contribution is 7.11. The van der Waals surface area contributed by atoms with Crippen LogP contribution in [0.4, 0.5) is 0 Å². The van der Waals surface area contributed by atoms with Crippen molar-refractivity contribution < 1.29 is 5.11 Å².